The minimum atomic E-state index is -3.54. The summed E-state index contributed by atoms with van der Waals surface area (Å²) in [6.07, 6.45) is -1.35. The molecular formula is C59H49N2O10PS. The van der Waals surface area contributed by atoms with Gasteiger partial charge in [-0.25, -0.2) is 4.79 Å². The van der Waals surface area contributed by atoms with Crippen LogP contribution in [0.1, 0.15) is 53.7 Å². The van der Waals surface area contributed by atoms with Crippen LogP contribution in [-0.4, -0.2) is 44.4 Å². The van der Waals surface area contributed by atoms with Crippen LogP contribution in [0.4, 0.5) is 5.69 Å². The van der Waals surface area contributed by atoms with E-state index < -0.39 is 57.8 Å². The molecule has 366 valence electrons. The smallest absolute Gasteiger partial charge is 0.356 e. The second kappa shape index (κ2) is 22.0. The number of amides is 1. The second-order valence-corrected chi connectivity index (χ2v) is 21.8. The highest BCUT2D eigenvalue weighted by atomic mass is 32.2. The molecule has 12 nitrogen and oxygen atoms in total. The van der Waals surface area contributed by atoms with Gasteiger partial charge in [0, 0.05) is 32.9 Å². The van der Waals surface area contributed by atoms with E-state index in [-0.39, 0.29) is 35.8 Å². The van der Waals surface area contributed by atoms with Crippen molar-refractivity contribution in [3.63, 3.8) is 0 Å². The van der Waals surface area contributed by atoms with Gasteiger partial charge in [0.1, 0.15) is 41.4 Å². The molecule has 0 saturated carbocycles. The molecule has 0 N–H and O–H groups in total. The van der Waals surface area contributed by atoms with E-state index in [1.807, 2.05) is 182 Å². The molecule has 1 aromatic heterocycles. The first kappa shape index (κ1) is 49.7. The Morgan fingerprint density at radius 1 is 0.616 bits per heavy atom. The van der Waals surface area contributed by atoms with Crippen molar-refractivity contribution in [3.05, 3.63) is 262 Å². The number of likely N-dealkylation sites (tertiary alicyclic amines) is 1. The number of esters is 3. The molecule has 14 heteroatoms. The number of carbonyl (C=O) groups excluding carboxylic acids is 4. The van der Waals surface area contributed by atoms with Crippen molar-refractivity contribution in [1.82, 2.24) is 4.90 Å². The summed E-state index contributed by atoms with van der Waals surface area (Å²) in [7, 11) is 0. The molecule has 0 aliphatic carbocycles. The average molecular weight is 1010 g/mol. The van der Waals surface area contributed by atoms with Gasteiger partial charge in [0.25, 0.3) is 5.69 Å². The van der Waals surface area contributed by atoms with Gasteiger partial charge in [-0.05, 0) is 62.4 Å². The number of thioether (sulfide) groups is 1. The molecule has 73 heavy (non-hydrogen) atoms. The average Bonchev–Trinajstić information content (AvgIpc) is 3.91. The molecule has 0 bridgehead atoms. The Morgan fingerprint density at radius 3 is 1.49 bits per heavy atom. The number of rotatable bonds is 18. The molecule has 7 aromatic carbocycles. The number of nitrogens with zero attached hydrogens (tertiary/aromatic N) is 2. The maximum absolute atomic E-state index is 16.3. The maximum Gasteiger partial charge on any atom is 0.356 e. The van der Waals surface area contributed by atoms with Crippen LogP contribution >= 0.6 is 18.6 Å². The van der Waals surface area contributed by atoms with Crippen molar-refractivity contribution in [2.24, 2.45) is 5.92 Å². The van der Waals surface area contributed by atoms with E-state index in [2.05, 4.69) is 0 Å². The van der Waals surface area contributed by atoms with Gasteiger partial charge in [0.05, 0.1) is 9.67 Å². The van der Waals surface area contributed by atoms with Crippen molar-refractivity contribution in [3.8, 4) is 0 Å². The highest BCUT2D eigenvalue weighted by Crippen LogP contribution is 2.59. The van der Waals surface area contributed by atoms with Crippen LogP contribution in [-0.2, 0) is 51.3 Å². The molecule has 0 spiro atoms. The Labute approximate surface area is 426 Å². The lowest BCUT2D eigenvalue weighted by Crippen LogP contribution is -2.67. The van der Waals surface area contributed by atoms with E-state index in [1.54, 1.807) is 17.0 Å². The minimum Gasteiger partial charge on any atom is -0.458 e. The fourth-order valence-electron chi connectivity index (χ4n) is 9.40. The monoisotopic (exact) mass is 1010 g/mol. The lowest BCUT2D eigenvalue weighted by Gasteiger charge is -2.53. The largest absolute Gasteiger partial charge is 0.458 e. The topological polar surface area (TPSA) is 155 Å². The first-order valence-electron chi connectivity index (χ1n) is 23.4. The fourth-order valence-corrected chi connectivity index (χ4v) is 15.7. The summed E-state index contributed by atoms with van der Waals surface area (Å²) in [6, 6.07) is 67.5. The van der Waals surface area contributed by atoms with Crippen LogP contribution in [0.25, 0.3) is 0 Å². The third-order valence-corrected chi connectivity index (χ3v) is 18.7. The zero-order chi connectivity index (χ0) is 51.0. The van der Waals surface area contributed by atoms with E-state index in [0.717, 1.165) is 32.6 Å². The number of nitro groups is 1. The standard InChI is InChI=1S/C59H49N2O10PS/c1-41(62)68-40-48-37-38-52(71-48)54(70-42(2)63)53-55(64)60(57(53)73-59(44-21-9-3-10-22-44,45-23-11-4-12-24-45)46-25-13-5-14-26-46)56(58(65)69-39-43-33-35-47(36-34-43)61(66)67)72(49-27-15-6-16-28-49,50-29-17-7-18-30-50)51-31-19-8-20-32-51/h3-38,53-54,57H,39-40H2,1-2H3. The van der Waals surface area contributed by atoms with Gasteiger partial charge in [0.15, 0.2) is 6.10 Å². The molecule has 1 amide bonds. The van der Waals surface area contributed by atoms with Crippen molar-refractivity contribution in [2.75, 3.05) is 0 Å². The van der Waals surface area contributed by atoms with Crippen molar-refractivity contribution >= 4 is 69.5 Å². The van der Waals surface area contributed by atoms with Crippen molar-refractivity contribution in [1.29, 1.82) is 0 Å². The Hall–Kier alpha value is -8.25. The molecule has 1 aliphatic rings. The van der Waals surface area contributed by atoms with Crippen LogP contribution in [0.15, 0.2) is 223 Å². The summed E-state index contributed by atoms with van der Waals surface area (Å²) >= 11 is 1.42. The lowest BCUT2D eigenvalue weighted by atomic mass is 9.84. The number of ether oxygens (including phenoxy) is 3. The van der Waals surface area contributed by atoms with E-state index in [9.17, 15) is 19.7 Å². The Morgan fingerprint density at radius 2 is 1.07 bits per heavy atom. The number of nitro benzene ring substituents is 1. The predicted octanol–water partition coefficient (Wildman–Crippen LogP) is 10.2. The third kappa shape index (κ3) is 10.0. The number of carbonyl (C=O) groups is 4. The molecule has 9 rings (SSSR count). The predicted molar refractivity (Wildman–Crippen MR) is 283 cm³/mol. The summed E-state index contributed by atoms with van der Waals surface area (Å²) < 4.78 is 23.1. The Bertz CT molecular complexity index is 3090. The summed E-state index contributed by atoms with van der Waals surface area (Å²) in [5.41, 5.74) is 2.99. The molecular weight excluding hydrogens is 960 g/mol. The van der Waals surface area contributed by atoms with Gasteiger partial charge in [-0.1, -0.05) is 182 Å². The highest BCUT2D eigenvalue weighted by molar-refractivity contribution is 8.01. The van der Waals surface area contributed by atoms with E-state index >= 15 is 9.59 Å². The van der Waals surface area contributed by atoms with Crippen LogP contribution in [0.3, 0.4) is 0 Å². The number of hydrogen-bond donors (Lipinski definition) is 0. The number of benzene rings is 7. The van der Waals surface area contributed by atoms with Crippen LogP contribution in [0.5, 0.6) is 0 Å². The molecule has 3 unspecified atom stereocenters. The van der Waals surface area contributed by atoms with Gasteiger partial charge in [-0.3, -0.25) is 29.4 Å². The zero-order valence-corrected chi connectivity index (χ0v) is 41.5. The first-order chi connectivity index (χ1) is 35.5. The molecule has 1 saturated heterocycles. The van der Waals surface area contributed by atoms with Gasteiger partial charge in [-0.15, -0.1) is 11.8 Å². The molecule has 1 aliphatic heterocycles. The van der Waals surface area contributed by atoms with Crippen LogP contribution in [0, 0.1) is 16.0 Å². The Kier molecular flexibility index (Phi) is 15.0. The number of furan rings is 1. The molecule has 0 radical (unpaired) electrons. The number of non-ortho nitro benzene ring substituents is 1. The quantitative estimate of drug-likeness (QED) is 0.0153. The third-order valence-electron chi connectivity index (χ3n) is 12.6. The summed E-state index contributed by atoms with van der Waals surface area (Å²) in [6.45, 7) is -1.51. The zero-order valence-electron chi connectivity index (χ0n) is 39.8. The van der Waals surface area contributed by atoms with E-state index in [1.165, 1.54) is 49.9 Å². The van der Waals surface area contributed by atoms with Crippen LogP contribution in [0.2, 0.25) is 0 Å². The summed E-state index contributed by atoms with van der Waals surface area (Å²) in [5, 5.41) is 12.8. The number of β-lactam (4-membered cyclic amide) rings is 1. The fraction of sp³-hybridized carbons (Fsp3) is 0.136. The van der Waals surface area contributed by atoms with Gasteiger partial charge < -0.3 is 18.6 Å². The lowest BCUT2D eigenvalue weighted by molar-refractivity contribution is -0.384. The SMILES string of the molecule is CC(=O)OCc1ccc(C(OC(C)=O)C2C(=O)N(C(C(=O)OCc3ccc([N+](=O)[O-])cc3)=P(c3ccccc3)(c3ccccc3)c3ccccc3)C2SC(c2ccccc2)(c2ccccc2)c2ccccc2)o1. The number of hydrogen-bond acceptors (Lipinski definition) is 11. The van der Waals surface area contributed by atoms with Crippen molar-refractivity contribution in [2.45, 2.75) is 43.3 Å². The van der Waals surface area contributed by atoms with E-state index in [0.29, 0.717) is 5.56 Å². The summed E-state index contributed by atoms with van der Waals surface area (Å²) in [4.78, 5) is 70.4. The van der Waals surface area contributed by atoms with Crippen molar-refractivity contribution < 1.29 is 42.7 Å². The van der Waals surface area contributed by atoms with Crippen LogP contribution < -0.4 is 15.9 Å². The summed E-state index contributed by atoms with van der Waals surface area (Å²) in [5.74, 6) is -3.41. The van der Waals surface area contributed by atoms with Gasteiger partial charge in [0.2, 0.25) is 5.91 Å². The van der Waals surface area contributed by atoms with Gasteiger partial charge >= 0.3 is 17.9 Å². The molecule has 1 fully saturated rings. The van der Waals surface area contributed by atoms with E-state index in [4.69, 9.17) is 18.6 Å². The highest BCUT2D eigenvalue weighted by Gasteiger charge is 2.61. The van der Waals surface area contributed by atoms with Gasteiger partial charge in [-0.2, -0.15) is 0 Å². The minimum absolute atomic E-state index is 0.0522. The molecule has 8 aromatic rings. The first-order valence-corrected chi connectivity index (χ1v) is 26.1. The molecule has 3 atom stereocenters. The maximum atomic E-state index is 16.3. The second-order valence-electron chi connectivity index (χ2n) is 17.1. The molecule has 2 heterocycles. The normalized spacial score (nSPS) is 14.8. The Balaban J connectivity index is 1.37.